The van der Waals surface area contributed by atoms with Gasteiger partial charge in [0.05, 0.1) is 24.3 Å². The summed E-state index contributed by atoms with van der Waals surface area (Å²) in [6, 6.07) is 9.31. The number of benzene rings is 1. The molecule has 4 heteroatoms. The second-order valence-electron chi connectivity index (χ2n) is 4.94. The van der Waals surface area contributed by atoms with Gasteiger partial charge in [-0.15, -0.1) is 0 Å². The van der Waals surface area contributed by atoms with Crippen molar-refractivity contribution in [1.29, 1.82) is 5.26 Å². The number of piperidine rings is 1. The lowest BCUT2D eigenvalue weighted by molar-refractivity contribution is 0.0679. The number of ether oxygens (including phenoxy) is 1. The minimum atomic E-state index is -0.165. The predicted molar refractivity (Wildman–Crippen MR) is 72.9 cm³/mol. The maximum absolute atomic E-state index is 9.57. The van der Waals surface area contributed by atoms with Gasteiger partial charge < -0.3 is 14.7 Å². The summed E-state index contributed by atoms with van der Waals surface area (Å²) in [6.45, 7) is 3.45. The highest BCUT2D eigenvalue weighted by Crippen LogP contribution is 2.13. The van der Waals surface area contributed by atoms with Gasteiger partial charge in [0, 0.05) is 13.1 Å². The predicted octanol–water partition coefficient (Wildman–Crippen LogP) is 1.78. The maximum atomic E-state index is 9.57. The van der Waals surface area contributed by atoms with E-state index in [4.69, 9.17) is 10.00 Å². The van der Waals surface area contributed by atoms with Gasteiger partial charge in [-0.3, -0.25) is 0 Å². The molecule has 0 aliphatic carbocycles. The van der Waals surface area contributed by atoms with Crippen molar-refractivity contribution in [3.63, 3.8) is 0 Å². The van der Waals surface area contributed by atoms with Crippen LogP contribution >= 0.6 is 0 Å². The van der Waals surface area contributed by atoms with Crippen LogP contribution in [0.25, 0.3) is 0 Å². The van der Waals surface area contributed by atoms with E-state index in [-0.39, 0.29) is 6.10 Å². The number of hydrogen-bond donors (Lipinski definition) is 1. The molecule has 1 aromatic carbocycles. The van der Waals surface area contributed by atoms with Crippen LogP contribution in [0.15, 0.2) is 24.3 Å². The topological polar surface area (TPSA) is 56.5 Å². The van der Waals surface area contributed by atoms with Crippen molar-refractivity contribution in [3.8, 4) is 11.8 Å². The molecule has 4 nitrogen and oxygen atoms in total. The van der Waals surface area contributed by atoms with Crippen molar-refractivity contribution in [2.45, 2.75) is 25.4 Å². The number of hydrogen-bond acceptors (Lipinski definition) is 4. The summed E-state index contributed by atoms with van der Waals surface area (Å²) in [5.74, 6) is 0.748. The molecule has 1 saturated heterocycles. The second-order valence-corrected chi connectivity index (χ2v) is 4.94. The van der Waals surface area contributed by atoms with Crippen LogP contribution in [0.4, 0.5) is 0 Å². The maximum Gasteiger partial charge on any atom is 0.120 e. The van der Waals surface area contributed by atoms with Gasteiger partial charge in [-0.25, -0.2) is 0 Å². The molecule has 0 radical (unpaired) electrons. The molecule has 0 saturated carbocycles. The van der Waals surface area contributed by atoms with E-state index < -0.39 is 0 Å². The van der Waals surface area contributed by atoms with E-state index in [0.29, 0.717) is 12.2 Å². The highest BCUT2D eigenvalue weighted by Gasteiger charge is 2.16. The number of aliphatic hydroxyl groups is 1. The summed E-state index contributed by atoms with van der Waals surface area (Å²) in [4.78, 5) is 2.28. The van der Waals surface area contributed by atoms with E-state index in [9.17, 15) is 5.11 Å². The van der Waals surface area contributed by atoms with Crippen LogP contribution in [0.1, 0.15) is 24.8 Å². The van der Waals surface area contributed by atoms with E-state index >= 15 is 0 Å². The third-order valence-electron chi connectivity index (χ3n) is 3.33. The highest BCUT2D eigenvalue weighted by molar-refractivity contribution is 5.36. The van der Waals surface area contributed by atoms with Gasteiger partial charge in [0.1, 0.15) is 5.75 Å². The Labute approximate surface area is 114 Å². The average molecular weight is 260 g/mol. The summed E-state index contributed by atoms with van der Waals surface area (Å²) in [7, 11) is 0. The van der Waals surface area contributed by atoms with Gasteiger partial charge in [-0.2, -0.15) is 5.26 Å². The Morgan fingerprint density at radius 2 is 2.37 bits per heavy atom. The molecule has 1 fully saturated rings. The third-order valence-corrected chi connectivity index (χ3v) is 3.33. The molecule has 1 unspecified atom stereocenters. The average Bonchev–Trinajstić information content (AvgIpc) is 2.44. The standard InChI is InChI=1S/C15H20N2O2/c16-11-13-4-1-6-15(10-13)19-9-3-8-17-7-2-5-14(18)12-17/h1,4,6,10,14,18H,2-3,5,7-9,12H2. The minimum absolute atomic E-state index is 0.165. The Morgan fingerprint density at radius 1 is 1.47 bits per heavy atom. The van der Waals surface area contributed by atoms with Crippen LogP contribution in [0.2, 0.25) is 0 Å². The minimum Gasteiger partial charge on any atom is -0.494 e. The first-order valence-electron chi connectivity index (χ1n) is 6.81. The van der Waals surface area contributed by atoms with Gasteiger partial charge in [0.2, 0.25) is 0 Å². The van der Waals surface area contributed by atoms with Gasteiger partial charge in [-0.1, -0.05) is 6.07 Å². The van der Waals surface area contributed by atoms with Crippen LogP contribution in [-0.4, -0.2) is 42.4 Å². The zero-order chi connectivity index (χ0) is 13.5. The molecule has 1 N–H and O–H groups in total. The zero-order valence-corrected chi connectivity index (χ0v) is 11.1. The number of likely N-dealkylation sites (tertiary alicyclic amines) is 1. The Kier molecular flexibility index (Phi) is 5.20. The molecular formula is C15H20N2O2. The highest BCUT2D eigenvalue weighted by atomic mass is 16.5. The van der Waals surface area contributed by atoms with Crippen LogP contribution in [0.5, 0.6) is 5.75 Å². The van der Waals surface area contributed by atoms with E-state index in [1.807, 2.05) is 12.1 Å². The lowest BCUT2D eigenvalue weighted by Gasteiger charge is -2.29. The number of aliphatic hydroxyl groups excluding tert-OH is 1. The van der Waals surface area contributed by atoms with Crippen molar-refractivity contribution >= 4 is 0 Å². The van der Waals surface area contributed by atoms with Crippen molar-refractivity contribution in [3.05, 3.63) is 29.8 Å². The summed E-state index contributed by atoms with van der Waals surface area (Å²) in [5.41, 5.74) is 0.622. The quantitative estimate of drug-likeness (QED) is 0.820. The Bertz CT molecular complexity index is 442. The van der Waals surface area contributed by atoms with Crippen LogP contribution < -0.4 is 4.74 Å². The number of nitriles is 1. The molecule has 1 aliphatic heterocycles. The van der Waals surface area contributed by atoms with Gasteiger partial charge in [-0.05, 0) is 44.0 Å². The van der Waals surface area contributed by atoms with Crippen LogP contribution in [-0.2, 0) is 0 Å². The first-order chi connectivity index (χ1) is 9.28. The Balaban J connectivity index is 1.67. The molecule has 1 aromatic rings. The van der Waals surface area contributed by atoms with E-state index in [1.165, 1.54) is 0 Å². The molecule has 0 spiro atoms. The fourth-order valence-electron chi connectivity index (χ4n) is 2.37. The van der Waals surface area contributed by atoms with Crippen LogP contribution in [0.3, 0.4) is 0 Å². The first kappa shape index (κ1) is 13.9. The van der Waals surface area contributed by atoms with Crippen molar-refractivity contribution in [2.75, 3.05) is 26.2 Å². The normalized spacial score (nSPS) is 19.9. The first-order valence-corrected chi connectivity index (χ1v) is 6.81. The second kappa shape index (κ2) is 7.13. The Hall–Kier alpha value is -1.57. The van der Waals surface area contributed by atoms with Crippen molar-refractivity contribution in [1.82, 2.24) is 4.90 Å². The van der Waals surface area contributed by atoms with E-state index in [0.717, 1.165) is 44.6 Å². The number of rotatable bonds is 5. The molecule has 0 amide bonds. The van der Waals surface area contributed by atoms with E-state index in [1.54, 1.807) is 12.1 Å². The summed E-state index contributed by atoms with van der Waals surface area (Å²) in [5, 5.41) is 18.4. The molecular weight excluding hydrogens is 240 g/mol. The van der Waals surface area contributed by atoms with E-state index in [2.05, 4.69) is 11.0 Å². The Morgan fingerprint density at radius 3 is 3.16 bits per heavy atom. The number of nitrogens with zero attached hydrogens (tertiary/aromatic N) is 2. The SMILES string of the molecule is N#Cc1cccc(OCCCN2CCCC(O)C2)c1. The van der Waals surface area contributed by atoms with Gasteiger partial charge >= 0.3 is 0 Å². The molecule has 1 atom stereocenters. The summed E-state index contributed by atoms with van der Waals surface area (Å²) >= 11 is 0. The van der Waals surface area contributed by atoms with Gasteiger partial charge in [0.25, 0.3) is 0 Å². The largest absolute Gasteiger partial charge is 0.494 e. The lowest BCUT2D eigenvalue weighted by atomic mass is 10.1. The third kappa shape index (κ3) is 4.55. The molecule has 102 valence electrons. The summed E-state index contributed by atoms with van der Waals surface area (Å²) < 4.78 is 5.63. The molecule has 1 heterocycles. The summed E-state index contributed by atoms with van der Waals surface area (Å²) in [6.07, 6.45) is 2.77. The van der Waals surface area contributed by atoms with Crippen molar-refractivity contribution < 1.29 is 9.84 Å². The molecule has 0 aromatic heterocycles. The van der Waals surface area contributed by atoms with Gasteiger partial charge in [0.15, 0.2) is 0 Å². The smallest absolute Gasteiger partial charge is 0.120 e. The molecule has 2 rings (SSSR count). The fourth-order valence-corrected chi connectivity index (χ4v) is 2.37. The lowest BCUT2D eigenvalue weighted by Crippen LogP contribution is -2.39. The van der Waals surface area contributed by atoms with Crippen molar-refractivity contribution in [2.24, 2.45) is 0 Å². The molecule has 0 bridgehead atoms. The number of β-amino-alcohol motifs (C(OH)–C–C–N with tert-alkyl or cyclic N) is 1. The molecule has 1 aliphatic rings. The van der Waals surface area contributed by atoms with Crippen LogP contribution in [0, 0.1) is 11.3 Å². The zero-order valence-electron chi connectivity index (χ0n) is 11.1. The molecule has 19 heavy (non-hydrogen) atoms. The monoisotopic (exact) mass is 260 g/mol. The fraction of sp³-hybridized carbons (Fsp3) is 0.533.